The fourth-order valence-corrected chi connectivity index (χ4v) is 3.60. The molecule has 0 saturated carbocycles. The van der Waals surface area contributed by atoms with Crippen molar-refractivity contribution in [2.75, 3.05) is 11.5 Å². The molecular formula is C14H16ClNO3S. The highest BCUT2D eigenvalue weighted by molar-refractivity contribution is 7.99. The van der Waals surface area contributed by atoms with Gasteiger partial charge in [-0.15, -0.1) is 0 Å². The van der Waals surface area contributed by atoms with E-state index in [0.29, 0.717) is 23.4 Å². The number of aliphatic carboxylic acids is 1. The number of carboxylic acids is 1. The van der Waals surface area contributed by atoms with Crippen molar-refractivity contribution >= 4 is 35.2 Å². The summed E-state index contributed by atoms with van der Waals surface area (Å²) >= 11 is 7.61. The highest BCUT2D eigenvalue weighted by Gasteiger charge is 2.41. The number of carboxylic acid groups (broad SMARTS) is 1. The molecule has 0 aromatic heterocycles. The van der Waals surface area contributed by atoms with Gasteiger partial charge in [0.05, 0.1) is 0 Å². The topological polar surface area (TPSA) is 66.4 Å². The third-order valence-corrected chi connectivity index (χ3v) is 4.77. The third kappa shape index (κ3) is 3.10. The van der Waals surface area contributed by atoms with Crippen molar-refractivity contribution in [3.63, 3.8) is 0 Å². The van der Waals surface area contributed by atoms with Gasteiger partial charge < -0.3 is 10.4 Å². The third-order valence-electron chi connectivity index (χ3n) is 3.55. The summed E-state index contributed by atoms with van der Waals surface area (Å²) in [5.74, 6) is 0.132. The van der Waals surface area contributed by atoms with Gasteiger partial charge in [0.2, 0.25) is 0 Å². The molecule has 20 heavy (non-hydrogen) atoms. The second kappa shape index (κ2) is 6.06. The monoisotopic (exact) mass is 313 g/mol. The molecular weight excluding hydrogens is 298 g/mol. The number of carbonyl (C=O) groups excluding carboxylic acids is 1. The summed E-state index contributed by atoms with van der Waals surface area (Å²) in [5, 5.41) is 12.6. The van der Waals surface area contributed by atoms with Gasteiger partial charge in [-0.2, -0.15) is 11.8 Å². The van der Waals surface area contributed by atoms with Crippen LogP contribution in [0.25, 0.3) is 0 Å². The van der Waals surface area contributed by atoms with Gasteiger partial charge in [-0.25, -0.2) is 4.79 Å². The number of aryl methyl sites for hydroxylation is 1. The van der Waals surface area contributed by atoms with Gasteiger partial charge in [-0.1, -0.05) is 17.7 Å². The standard InChI is InChI=1S/C14H16ClNO3S/c1-9-2-3-10(15)8-11(9)12(17)16-14(13(18)19)4-6-20-7-5-14/h2-3,8H,4-7H2,1H3,(H,16,17)(H,18,19). The normalized spacial score (nSPS) is 17.5. The van der Waals surface area contributed by atoms with Crippen LogP contribution in [0.2, 0.25) is 5.02 Å². The zero-order valence-corrected chi connectivity index (χ0v) is 12.7. The second-order valence-corrected chi connectivity index (χ2v) is 6.57. The molecule has 0 bridgehead atoms. The van der Waals surface area contributed by atoms with E-state index in [9.17, 15) is 14.7 Å². The van der Waals surface area contributed by atoms with Crippen molar-refractivity contribution in [2.45, 2.75) is 25.3 Å². The lowest BCUT2D eigenvalue weighted by molar-refractivity contribution is -0.144. The predicted octanol–water partition coefficient (Wildman–Crippen LogP) is 2.73. The number of halogens is 1. The highest BCUT2D eigenvalue weighted by atomic mass is 35.5. The molecule has 0 spiro atoms. The molecule has 1 aliphatic heterocycles. The number of rotatable bonds is 3. The molecule has 6 heteroatoms. The Bertz CT molecular complexity index is 541. The molecule has 0 atom stereocenters. The summed E-state index contributed by atoms with van der Waals surface area (Å²) in [6.07, 6.45) is 0.886. The molecule has 2 N–H and O–H groups in total. The Hall–Kier alpha value is -1.20. The average molecular weight is 314 g/mol. The first kappa shape index (κ1) is 15.2. The summed E-state index contributed by atoms with van der Waals surface area (Å²) < 4.78 is 0. The summed E-state index contributed by atoms with van der Waals surface area (Å²) in [6.45, 7) is 1.80. The van der Waals surface area contributed by atoms with Gasteiger partial charge in [-0.3, -0.25) is 4.79 Å². The number of carbonyl (C=O) groups is 2. The number of hydrogen-bond donors (Lipinski definition) is 2. The van der Waals surface area contributed by atoms with Crippen molar-refractivity contribution < 1.29 is 14.7 Å². The quantitative estimate of drug-likeness (QED) is 0.900. The van der Waals surface area contributed by atoms with Crippen LogP contribution in [0.5, 0.6) is 0 Å². The van der Waals surface area contributed by atoms with E-state index >= 15 is 0 Å². The molecule has 0 radical (unpaired) electrons. The Morgan fingerprint density at radius 3 is 2.60 bits per heavy atom. The number of benzene rings is 1. The van der Waals surface area contributed by atoms with Gasteiger partial charge in [0, 0.05) is 10.6 Å². The van der Waals surface area contributed by atoms with Crippen LogP contribution in [0.15, 0.2) is 18.2 Å². The Labute approximate surface area is 126 Å². The molecule has 1 heterocycles. The van der Waals surface area contributed by atoms with Crippen LogP contribution in [0.1, 0.15) is 28.8 Å². The maximum absolute atomic E-state index is 12.4. The molecule has 1 aromatic rings. The van der Waals surface area contributed by atoms with Crippen LogP contribution in [0, 0.1) is 6.92 Å². The van der Waals surface area contributed by atoms with Gasteiger partial charge in [0.15, 0.2) is 0 Å². The van der Waals surface area contributed by atoms with Crippen molar-refractivity contribution in [1.29, 1.82) is 0 Å². The van der Waals surface area contributed by atoms with Crippen LogP contribution in [-0.2, 0) is 4.79 Å². The molecule has 1 saturated heterocycles. The van der Waals surface area contributed by atoms with E-state index in [-0.39, 0.29) is 5.91 Å². The molecule has 0 unspecified atom stereocenters. The van der Waals surface area contributed by atoms with E-state index in [4.69, 9.17) is 11.6 Å². The van der Waals surface area contributed by atoms with Crippen LogP contribution in [0.4, 0.5) is 0 Å². The van der Waals surface area contributed by atoms with E-state index in [2.05, 4.69) is 5.32 Å². The highest BCUT2D eigenvalue weighted by Crippen LogP contribution is 2.28. The number of nitrogens with one attached hydrogen (secondary N) is 1. The van der Waals surface area contributed by atoms with Gasteiger partial charge >= 0.3 is 5.97 Å². The van der Waals surface area contributed by atoms with E-state index in [0.717, 1.165) is 17.1 Å². The first-order valence-corrected chi connectivity index (χ1v) is 7.88. The van der Waals surface area contributed by atoms with Gasteiger partial charge in [0.25, 0.3) is 5.91 Å². The van der Waals surface area contributed by atoms with Crippen LogP contribution >= 0.6 is 23.4 Å². The SMILES string of the molecule is Cc1ccc(Cl)cc1C(=O)NC1(C(=O)O)CCSCC1. The van der Waals surface area contributed by atoms with E-state index in [1.54, 1.807) is 36.9 Å². The van der Waals surface area contributed by atoms with Crippen molar-refractivity contribution in [3.05, 3.63) is 34.3 Å². The minimum absolute atomic E-state index is 0.376. The summed E-state index contributed by atoms with van der Waals surface area (Å²) in [4.78, 5) is 23.9. The first-order chi connectivity index (χ1) is 9.44. The number of thioether (sulfide) groups is 1. The maximum Gasteiger partial charge on any atom is 0.329 e. The molecule has 0 aliphatic carbocycles. The Morgan fingerprint density at radius 1 is 1.35 bits per heavy atom. The smallest absolute Gasteiger partial charge is 0.329 e. The summed E-state index contributed by atoms with van der Waals surface area (Å²) in [6, 6.07) is 5.03. The lowest BCUT2D eigenvalue weighted by atomic mass is 9.91. The molecule has 1 aliphatic rings. The largest absolute Gasteiger partial charge is 0.480 e. The summed E-state index contributed by atoms with van der Waals surface area (Å²) in [5.41, 5.74) is 0.0471. The molecule has 1 amide bonds. The van der Waals surface area contributed by atoms with Crippen molar-refractivity contribution in [2.24, 2.45) is 0 Å². The first-order valence-electron chi connectivity index (χ1n) is 6.34. The minimum Gasteiger partial charge on any atom is -0.480 e. The van der Waals surface area contributed by atoms with E-state index in [1.165, 1.54) is 0 Å². The molecule has 4 nitrogen and oxygen atoms in total. The predicted molar refractivity (Wildman–Crippen MR) is 80.6 cm³/mol. The molecule has 108 valence electrons. The lowest BCUT2D eigenvalue weighted by Gasteiger charge is -2.33. The number of hydrogen-bond acceptors (Lipinski definition) is 3. The van der Waals surface area contributed by atoms with Crippen LogP contribution in [-0.4, -0.2) is 34.0 Å². The molecule has 2 rings (SSSR count). The molecule has 1 fully saturated rings. The van der Waals surface area contributed by atoms with Crippen molar-refractivity contribution in [1.82, 2.24) is 5.32 Å². The zero-order valence-electron chi connectivity index (χ0n) is 11.1. The zero-order chi connectivity index (χ0) is 14.8. The lowest BCUT2D eigenvalue weighted by Crippen LogP contribution is -2.56. The Balaban J connectivity index is 2.24. The second-order valence-electron chi connectivity index (χ2n) is 4.91. The fraction of sp³-hybridized carbons (Fsp3) is 0.429. The maximum atomic E-state index is 12.4. The van der Waals surface area contributed by atoms with Gasteiger partial charge in [-0.05, 0) is 49.0 Å². The molecule has 1 aromatic carbocycles. The Kier molecular flexibility index (Phi) is 4.60. The van der Waals surface area contributed by atoms with Gasteiger partial charge in [0.1, 0.15) is 5.54 Å². The Morgan fingerprint density at radius 2 is 2.00 bits per heavy atom. The van der Waals surface area contributed by atoms with Crippen molar-refractivity contribution in [3.8, 4) is 0 Å². The van der Waals surface area contributed by atoms with Crippen LogP contribution in [0.3, 0.4) is 0 Å². The van der Waals surface area contributed by atoms with E-state index < -0.39 is 11.5 Å². The fourth-order valence-electron chi connectivity index (χ4n) is 2.24. The van der Waals surface area contributed by atoms with Crippen LogP contribution < -0.4 is 5.32 Å². The number of amides is 1. The average Bonchev–Trinajstić information content (AvgIpc) is 2.42. The summed E-state index contributed by atoms with van der Waals surface area (Å²) in [7, 11) is 0. The minimum atomic E-state index is -1.16. The van der Waals surface area contributed by atoms with E-state index in [1.807, 2.05) is 0 Å².